The van der Waals surface area contributed by atoms with E-state index in [4.69, 9.17) is 0 Å². The van der Waals surface area contributed by atoms with Crippen molar-refractivity contribution in [1.29, 1.82) is 0 Å². The van der Waals surface area contributed by atoms with Crippen LogP contribution in [0.2, 0.25) is 0 Å². The summed E-state index contributed by atoms with van der Waals surface area (Å²) >= 11 is 0. The lowest BCUT2D eigenvalue weighted by Crippen LogP contribution is -1.84. The van der Waals surface area contributed by atoms with Crippen LogP contribution in [0.5, 0.6) is 0 Å². The number of nitrogens with one attached hydrogen (secondary N) is 2. The first-order chi connectivity index (χ1) is 15.9. The van der Waals surface area contributed by atoms with Gasteiger partial charge in [-0.1, -0.05) is 91.0 Å². The highest BCUT2D eigenvalue weighted by atomic mass is 14.7. The summed E-state index contributed by atoms with van der Waals surface area (Å²) in [7, 11) is 0. The third kappa shape index (κ3) is 2.47. The van der Waals surface area contributed by atoms with E-state index in [0.29, 0.717) is 0 Å². The Hall–Kier alpha value is -4.30. The second-order valence-electron chi connectivity index (χ2n) is 8.38. The van der Waals surface area contributed by atoms with Crippen LogP contribution in [0.25, 0.3) is 65.9 Å². The largest absolute Gasteiger partial charge is 0.354 e. The highest BCUT2D eigenvalue weighted by Gasteiger charge is 2.12. The molecule has 2 N–H and O–H groups in total. The molecular weight excluding hydrogens is 388 g/mol. The molecule has 0 fully saturated rings. The number of hydrogen-bond donors (Lipinski definition) is 2. The fourth-order valence-corrected chi connectivity index (χ4v) is 5.08. The zero-order valence-electron chi connectivity index (χ0n) is 17.4. The molecule has 0 aliphatic rings. The number of hydrogen-bond acceptors (Lipinski definition) is 0. The number of aromatic nitrogens is 2. The van der Waals surface area contributed by atoms with E-state index in [1.165, 1.54) is 65.9 Å². The maximum Gasteiger partial charge on any atom is 0.0544 e. The van der Waals surface area contributed by atoms with Gasteiger partial charge < -0.3 is 9.97 Å². The summed E-state index contributed by atoms with van der Waals surface area (Å²) in [5.74, 6) is 0. The lowest BCUT2D eigenvalue weighted by molar-refractivity contribution is 1.52. The summed E-state index contributed by atoms with van der Waals surface area (Å²) in [5, 5.41) is 5.06. The van der Waals surface area contributed by atoms with E-state index >= 15 is 0 Å². The van der Waals surface area contributed by atoms with Crippen molar-refractivity contribution in [2.75, 3.05) is 0 Å². The summed E-state index contributed by atoms with van der Waals surface area (Å²) in [6, 6.07) is 39.0. The average Bonchev–Trinajstić information content (AvgIpc) is 3.42. The zero-order valence-corrected chi connectivity index (χ0v) is 17.4. The van der Waals surface area contributed by atoms with Crippen molar-refractivity contribution in [2.45, 2.75) is 0 Å². The molecule has 2 nitrogen and oxygen atoms in total. The molecule has 0 radical (unpaired) electrons. The molecule has 2 heteroatoms. The fraction of sp³-hybridized carbons (Fsp3) is 0. The van der Waals surface area contributed by atoms with Gasteiger partial charge in [-0.3, -0.25) is 0 Å². The first-order valence-electron chi connectivity index (χ1n) is 11.0. The Labute approximate surface area is 185 Å². The van der Waals surface area contributed by atoms with Crippen LogP contribution in [-0.2, 0) is 0 Å². The molecule has 2 heterocycles. The van der Waals surface area contributed by atoms with Gasteiger partial charge in [0, 0.05) is 43.7 Å². The highest BCUT2D eigenvalue weighted by Crippen LogP contribution is 2.37. The Morgan fingerprint density at radius 3 is 1.34 bits per heavy atom. The van der Waals surface area contributed by atoms with E-state index in [1.54, 1.807) is 0 Å². The fourth-order valence-electron chi connectivity index (χ4n) is 5.08. The van der Waals surface area contributed by atoms with E-state index in [2.05, 4.69) is 119 Å². The van der Waals surface area contributed by atoms with Crippen LogP contribution < -0.4 is 0 Å². The molecule has 0 spiro atoms. The summed E-state index contributed by atoms with van der Waals surface area (Å²) in [4.78, 5) is 7.29. The van der Waals surface area contributed by atoms with Gasteiger partial charge in [-0.05, 0) is 29.3 Å². The molecule has 0 amide bonds. The van der Waals surface area contributed by atoms with Crippen LogP contribution in [0.4, 0.5) is 0 Å². The van der Waals surface area contributed by atoms with Crippen molar-refractivity contribution in [3.8, 4) is 22.3 Å². The van der Waals surface area contributed by atoms with E-state index in [1.807, 2.05) is 0 Å². The maximum atomic E-state index is 3.65. The Bertz CT molecular complexity index is 1650. The van der Waals surface area contributed by atoms with Crippen LogP contribution >= 0.6 is 0 Å². The number of benzene rings is 5. The minimum Gasteiger partial charge on any atom is -0.354 e. The third-order valence-electron chi connectivity index (χ3n) is 6.57. The van der Waals surface area contributed by atoms with E-state index in [9.17, 15) is 0 Å². The van der Waals surface area contributed by atoms with E-state index in [-0.39, 0.29) is 0 Å². The van der Waals surface area contributed by atoms with Crippen molar-refractivity contribution >= 4 is 43.6 Å². The quantitative estimate of drug-likeness (QED) is 0.288. The minimum absolute atomic E-state index is 1.17. The van der Waals surface area contributed by atoms with Gasteiger partial charge in [-0.25, -0.2) is 0 Å². The lowest BCUT2D eigenvalue weighted by Gasteiger charge is -2.09. The predicted molar refractivity (Wildman–Crippen MR) is 136 cm³/mol. The summed E-state index contributed by atoms with van der Waals surface area (Å²) < 4.78 is 0. The molecule has 0 saturated heterocycles. The normalized spacial score (nSPS) is 11.8. The van der Waals surface area contributed by atoms with Gasteiger partial charge in [-0.15, -0.1) is 0 Å². The highest BCUT2D eigenvalue weighted by molar-refractivity contribution is 6.13. The van der Waals surface area contributed by atoms with Gasteiger partial charge in [-0.2, -0.15) is 0 Å². The van der Waals surface area contributed by atoms with Crippen LogP contribution in [0.15, 0.2) is 109 Å². The molecule has 150 valence electrons. The number of rotatable bonds is 2. The van der Waals surface area contributed by atoms with Crippen LogP contribution in [0.1, 0.15) is 0 Å². The summed E-state index contributed by atoms with van der Waals surface area (Å²) in [6.45, 7) is 0. The monoisotopic (exact) mass is 408 g/mol. The topological polar surface area (TPSA) is 31.6 Å². The molecule has 0 bridgehead atoms. The van der Waals surface area contributed by atoms with Crippen LogP contribution in [0, 0.1) is 0 Å². The summed E-state index contributed by atoms with van der Waals surface area (Å²) in [5.41, 5.74) is 9.61. The first kappa shape index (κ1) is 17.4. The molecule has 7 rings (SSSR count). The van der Waals surface area contributed by atoms with E-state index < -0.39 is 0 Å². The van der Waals surface area contributed by atoms with Gasteiger partial charge in [0.25, 0.3) is 0 Å². The Morgan fingerprint density at radius 2 is 0.812 bits per heavy atom. The Morgan fingerprint density at radius 1 is 0.375 bits per heavy atom. The smallest absolute Gasteiger partial charge is 0.0544 e. The number of H-pyrrole nitrogens is 2. The molecule has 7 aromatic rings. The van der Waals surface area contributed by atoms with Gasteiger partial charge in [0.2, 0.25) is 0 Å². The maximum absolute atomic E-state index is 3.65. The molecular formula is C30H20N2. The van der Waals surface area contributed by atoms with Crippen molar-refractivity contribution in [3.05, 3.63) is 109 Å². The molecule has 2 aromatic heterocycles. The minimum atomic E-state index is 1.17. The van der Waals surface area contributed by atoms with Crippen molar-refractivity contribution in [1.82, 2.24) is 9.97 Å². The molecule has 0 saturated carbocycles. The Kier molecular flexibility index (Phi) is 3.58. The average molecular weight is 409 g/mol. The third-order valence-corrected chi connectivity index (χ3v) is 6.57. The predicted octanol–water partition coefficient (Wildman–Crippen LogP) is 8.29. The number of aromatic amines is 2. The molecule has 32 heavy (non-hydrogen) atoms. The van der Waals surface area contributed by atoms with Crippen LogP contribution in [0.3, 0.4) is 0 Å². The Balaban J connectivity index is 1.45. The summed E-state index contributed by atoms with van der Waals surface area (Å²) in [6.07, 6.45) is 0. The zero-order chi connectivity index (χ0) is 21.1. The van der Waals surface area contributed by atoms with Gasteiger partial charge in [0.05, 0.1) is 11.0 Å². The first-order valence-corrected chi connectivity index (χ1v) is 11.0. The van der Waals surface area contributed by atoms with Gasteiger partial charge >= 0.3 is 0 Å². The molecule has 0 aliphatic heterocycles. The second kappa shape index (κ2) is 6.60. The number of para-hydroxylation sites is 4. The van der Waals surface area contributed by atoms with Gasteiger partial charge in [0.15, 0.2) is 0 Å². The SMILES string of the molecule is c1cc(-c2cccc3c2[nH]c2ccccc23)cc(-c2cccc3c2[nH]c2ccccc23)c1. The molecule has 0 atom stereocenters. The lowest BCUT2D eigenvalue weighted by atomic mass is 9.96. The second-order valence-corrected chi connectivity index (χ2v) is 8.38. The molecule has 5 aromatic carbocycles. The number of fused-ring (bicyclic) bond motifs is 6. The van der Waals surface area contributed by atoms with Crippen molar-refractivity contribution < 1.29 is 0 Å². The van der Waals surface area contributed by atoms with Crippen molar-refractivity contribution in [2.24, 2.45) is 0 Å². The van der Waals surface area contributed by atoms with Gasteiger partial charge in [0.1, 0.15) is 0 Å². The standard InChI is InChI=1S/C30H20N2/c1-3-16-27-23(10-1)25-14-6-12-21(29(25)31-27)19-8-5-9-20(18-19)22-13-7-15-26-24-11-2-4-17-28(24)32-30(22)26/h1-18,31-32H. The van der Waals surface area contributed by atoms with E-state index in [0.717, 1.165) is 0 Å². The molecule has 0 aliphatic carbocycles. The molecule has 0 unspecified atom stereocenters. The van der Waals surface area contributed by atoms with Crippen molar-refractivity contribution in [3.63, 3.8) is 0 Å². The van der Waals surface area contributed by atoms with Crippen LogP contribution in [-0.4, -0.2) is 9.97 Å².